The Morgan fingerprint density at radius 2 is 2.00 bits per heavy atom. The van der Waals surface area contributed by atoms with E-state index in [1.54, 1.807) is 6.92 Å². The molecule has 0 spiro atoms. The van der Waals surface area contributed by atoms with Crippen molar-refractivity contribution in [2.75, 3.05) is 6.61 Å². The molecule has 4 heteroatoms. The van der Waals surface area contributed by atoms with E-state index in [9.17, 15) is 20.4 Å². The third-order valence-electron chi connectivity index (χ3n) is 8.70. The van der Waals surface area contributed by atoms with Gasteiger partial charge in [-0.25, -0.2) is 0 Å². The van der Waals surface area contributed by atoms with Gasteiger partial charge in [-0.15, -0.1) is 0 Å². The van der Waals surface area contributed by atoms with Gasteiger partial charge in [0.25, 0.3) is 0 Å². The van der Waals surface area contributed by atoms with Gasteiger partial charge in [0, 0.05) is 6.42 Å². The van der Waals surface area contributed by atoms with Gasteiger partial charge in [-0.1, -0.05) is 51.0 Å². The summed E-state index contributed by atoms with van der Waals surface area (Å²) in [5, 5.41) is 39.5. The zero-order valence-corrected chi connectivity index (χ0v) is 19.8. The maximum Gasteiger partial charge on any atom is 0.0849 e. The number of fused-ring (bicyclic) bond motifs is 1. The van der Waals surface area contributed by atoms with Crippen molar-refractivity contribution in [1.82, 2.24) is 0 Å². The highest BCUT2D eigenvalue weighted by atomic mass is 16.3. The fourth-order valence-electron chi connectivity index (χ4n) is 6.76. The largest absolute Gasteiger partial charge is 0.393 e. The molecule has 0 bridgehead atoms. The van der Waals surface area contributed by atoms with Gasteiger partial charge in [-0.05, 0) is 86.2 Å². The maximum atomic E-state index is 10.1. The minimum Gasteiger partial charge on any atom is -0.393 e. The van der Waals surface area contributed by atoms with Crippen molar-refractivity contribution in [2.24, 2.45) is 23.2 Å². The van der Waals surface area contributed by atoms with Crippen LogP contribution in [-0.4, -0.2) is 44.8 Å². The topological polar surface area (TPSA) is 80.9 Å². The van der Waals surface area contributed by atoms with E-state index in [4.69, 9.17) is 0 Å². The van der Waals surface area contributed by atoms with E-state index < -0.39 is 17.8 Å². The van der Waals surface area contributed by atoms with Crippen molar-refractivity contribution >= 4 is 0 Å². The van der Waals surface area contributed by atoms with Gasteiger partial charge in [0.1, 0.15) is 0 Å². The Morgan fingerprint density at radius 1 is 1.26 bits per heavy atom. The van der Waals surface area contributed by atoms with Gasteiger partial charge in [-0.3, -0.25) is 0 Å². The summed E-state index contributed by atoms with van der Waals surface area (Å²) in [6.07, 6.45) is 13.1. The van der Waals surface area contributed by atoms with Crippen molar-refractivity contribution in [3.8, 4) is 0 Å². The third-order valence-corrected chi connectivity index (χ3v) is 8.70. The van der Waals surface area contributed by atoms with Crippen LogP contribution in [0.2, 0.25) is 0 Å². The highest BCUT2D eigenvalue weighted by molar-refractivity contribution is 5.38. The summed E-state index contributed by atoms with van der Waals surface area (Å²) < 4.78 is 0. The normalized spacial score (nSPS) is 39.5. The molecule has 3 aliphatic rings. The van der Waals surface area contributed by atoms with Crippen LogP contribution in [0.25, 0.3) is 0 Å². The van der Waals surface area contributed by atoms with Crippen LogP contribution in [0, 0.1) is 23.2 Å². The summed E-state index contributed by atoms with van der Waals surface area (Å²) in [5.74, 6) is 1.92. The summed E-state index contributed by atoms with van der Waals surface area (Å²) in [6.45, 7) is 10.5. The molecule has 0 radical (unpaired) electrons. The quantitative estimate of drug-likeness (QED) is 0.471. The molecular formula is C27H44O4. The molecule has 31 heavy (non-hydrogen) atoms. The standard InChI is InChI=1S/C27H44O4/c1-18(7-5-13-26(3,31)17-28)23-11-12-24-20(8-6-14-27(23,24)4)9-10-21-15-22(29)16-25(30)19(21)2/h9-10,18,22-25,28-31H,2,5-8,11-17H2,1,3-4H3/b20-9?,21-10-/t18-,22-,23-,24?,25?,26?,27-/m1/s1. The second-order valence-corrected chi connectivity index (χ2v) is 11.2. The van der Waals surface area contributed by atoms with Crippen LogP contribution >= 0.6 is 0 Å². The van der Waals surface area contributed by atoms with Gasteiger partial charge in [0.05, 0.1) is 24.4 Å². The van der Waals surface area contributed by atoms with Gasteiger partial charge in [-0.2, -0.15) is 0 Å². The smallest absolute Gasteiger partial charge is 0.0849 e. The molecule has 3 saturated carbocycles. The Bertz CT molecular complexity index is 706. The van der Waals surface area contributed by atoms with E-state index in [1.807, 2.05) is 0 Å². The SMILES string of the molecule is C=C1/C(=C\C=C2CCC[C@@]3(C)C2CC[C@@H]3[C@H](C)CCCC(C)(O)CO)C[C@@H](O)CC1O. The maximum absolute atomic E-state index is 10.1. The molecule has 176 valence electrons. The Kier molecular flexibility index (Phi) is 7.89. The summed E-state index contributed by atoms with van der Waals surface area (Å²) in [7, 11) is 0. The van der Waals surface area contributed by atoms with Gasteiger partial charge < -0.3 is 20.4 Å². The molecule has 3 fully saturated rings. The van der Waals surface area contributed by atoms with Crippen molar-refractivity contribution in [1.29, 1.82) is 0 Å². The van der Waals surface area contributed by atoms with Crippen molar-refractivity contribution in [3.63, 3.8) is 0 Å². The van der Waals surface area contributed by atoms with Crippen LogP contribution < -0.4 is 0 Å². The Balaban J connectivity index is 1.68. The zero-order valence-electron chi connectivity index (χ0n) is 19.8. The number of hydrogen-bond acceptors (Lipinski definition) is 4. The second-order valence-electron chi connectivity index (χ2n) is 11.2. The number of aliphatic hydroxyl groups is 4. The predicted octanol–water partition coefficient (Wildman–Crippen LogP) is 4.68. The lowest BCUT2D eigenvalue weighted by Crippen LogP contribution is -2.36. The molecule has 3 unspecified atom stereocenters. The summed E-state index contributed by atoms with van der Waals surface area (Å²) in [5.41, 5.74) is 2.65. The van der Waals surface area contributed by atoms with Crippen molar-refractivity contribution in [2.45, 2.75) is 103 Å². The van der Waals surface area contributed by atoms with Crippen molar-refractivity contribution < 1.29 is 20.4 Å². The van der Waals surface area contributed by atoms with E-state index in [0.29, 0.717) is 42.4 Å². The van der Waals surface area contributed by atoms with E-state index in [1.165, 1.54) is 31.3 Å². The molecule has 4 nitrogen and oxygen atoms in total. The minimum atomic E-state index is -0.958. The van der Waals surface area contributed by atoms with E-state index in [2.05, 4.69) is 32.6 Å². The zero-order chi connectivity index (χ0) is 22.8. The molecule has 3 rings (SSSR count). The van der Waals surface area contributed by atoms with E-state index >= 15 is 0 Å². The molecule has 4 N–H and O–H groups in total. The molecule has 0 aliphatic heterocycles. The molecule has 0 saturated heterocycles. The van der Waals surface area contributed by atoms with Crippen LogP contribution in [0.3, 0.4) is 0 Å². The molecule has 0 heterocycles. The summed E-state index contributed by atoms with van der Waals surface area (Å²) in [6, 6.07) is 0. The number of aliphatic hydroxyl groups excluding tert-OH is 3. The fourth-order valence-corrected chi connectivity index (χ4v) is 6.76. The lowest BCUT2D eigenvalue weighted by Gasteiger charge is -2.44. The average molecular weight is 433 g/mol. The average Bonchev–Trinajstić information content (AvgIpc) is 3.07. The number of allylic oxidation sites excluding steroid dienone is 3. The first kappa shape index (κ1) is 24.7. The molecule has 0 aromatic heterocycles. The first-order valence-electron chi connectivity index (χ1n) is 12.4. The molecule has 0 aromatic carbocycles. The van der Waals surface area contributed by atoms with Crippen LogP contribution in [0.1, 0.15) is 85.0 Å². The molecule has 0 amide bonds. The Morgan fingerprint density at radius 3 is 2.71 bits per heavy atom. The van der Waals surface area contributed by atoms with Crippen molar-refractivity contribution in [3.05, 3.63) is 35.5 Å². The number of hydrogen-bond donors (Lipinski definition) is 4. The van der Waals surface area contributed by atoms with Crippen LogP contribution in [0.5, 0.6) is 0 Å². The predicted molar refractivity (Wildman–Crippen MR) is 125 cm³/mol. The summed E-state index contributed by atoms with van der Waals surface area (Å²) in [4.78, 5) is 0. The molecule has 7 atom stereocenters. The Labute approximate surface area is 188 Å². The van der Waals surface area contributed by atoms with Crippen LogP contribution in [-0.2, 0) is 0 Å². The van der Waals surface area contributed by atoms with Gasteiger partial charge in [0.2, 0.25) is 0 Å². The first-order chi connectivity index (χ1) is 14.6. The first-order valence-corrected chi connectivity index (χ1v) is 12.4. The van der Waals surface area contributed by atoms with E-state index in [0.717, 1.165) is 30.4 Å². The molecule has 3 aliphatic carbocycles. The summed E-state index contributed by atoms with van der Waals surface area (Å²) >= 11 is 0. The van der Waals surface area contributed by atoms with E-state index in [-0.39, 0.29) is 6.61 Å². The van der Waals surface area contributed by atoms with Crippen LogP contribution in [0.4, 0.5) is 0 Å². The molecular weight excluding hydrogens is 388 g/mol. The van der Waals surface area contributed by atoms with Gasteiger partial charge >= 0.3 is 0 Å². The lowest BCUT2D eigenvalue weighted by atomic mass is 9.60. The Hall–Kier alpha value is -0.940. The third kappa shape index (κ3) is 5.52. The highest BCUT2D eigenvalue weighted by Gasteiger charge is 2.50. The highest BCUT2D eigenvalue weighted by Crippen LogP contribution is 2.60. The fraction of sp³-hybridized carbons (Fsp3) is 0.778. The lowest BCUT2D eigenvalue weighted by molar-refractivity contribution is -0.00891. The van der Waals surface area contributed by atoms with Crippen LogP contribution in [0.15, 0.2) is 35.5 Å². The van der Waals surface area contributed by atoms with Gasteiger partial charge in [0.15, 0.2) is 0 Å². The second kappa shape index (κ2) is 9.91. The number of rotatable bonds is 7. The minimum absolute atomic E-state index is 0.172. The molecule has 0 aromatic rings. The monoisotopic (exact) mass is 432 g/mol.